The smallest absolute Gasteiger partial charge is 0.411 e. The molecule has 1 N–H and O–H groups in total. The highest BCUT2D eigenvalue weighted by atomic mass is 16.6. The monoisotopic (exact) mass is 426 g/mol. The number of likely N-dealkylation sites (tertiary alicyclic amines) is 2. The fourth-order valence-electron chi connectivity index (χ4n) is 5.64. The van der Waals surface area contributed by atoms with Crippen molar-refractivity contribution in [3.05, 3.63) is 41.5 Å². The first-order chi connectivity index (χ1) is 14.5. The van der Waals surface area contributed by atoms with E-state index in [4.69, 9.17) is 4.74 Å². The van der Waals surface area contributed by atoms with Crippen molar-refractivity contribution in [2.45, 2.75) is 70.1 Å². The van der Waals surface area contributed by atoms with Crippen molar-refractivity contribution in [1.29, 1.82) is 0 Å². The van der Waals surface area contributed by atoms with E-state index < -0.39 is 23.2 Å². The predicted molar refractivity (Wildman–Crippen MR) is 120 cm³/mol. The van der Waals surface area contributed by atoms with Crippen LogP contribution in [-0.2, 0) is 14.9 Å². The molecule has 1 aromatic carbocycles. The minimum absolute atomic E-state index is 0.00837. The van der Waals surface area contributed by atoms with Gasteiger partial charge in [0, 0.05) is 24.5 Å². The second-order valence-electron chi connectivity index (χ2n) is 10.6. The molecule has 2 fully saturated rings. The number of amides is 1. The highest BCUT2D eigenvalue weighted by molar-refractivity contribution is 5.85. The topological polar surface area (TPSA) is 70.1 Å². The minimum atomic E-state index is -1.26. The zero-order valence-corrected chi connectivity index (χ0v) is 19.2. The SMILES string of the molecule is C[C@H]1CN(C2CN(C(=O)OC(C)(C)C)C(C)(C(=O)O)C2)CC[C@@]12C=Cc1ccccc12. The number of hydrogen-bond donors (Lipinski definition) is 1. The van der Waals surface area contributed by atoms with Crippen LogP contribution in [0.15, 0.2) is 30.3 Å². The molecule has 0 saturated carbocycles. The first kappa shape index (κ1) is 21.9. The van der Waals surface area contributed by atoms with E-state index in [1.165, 1.54) is 16.0 Å². The van der Waals surface area contributed by atoms with Crippen molar-refractivity contribution < 1.29 is 19.4 Å². The average Bonchev–Trinajstić information content (AvgIpc) is 3.23. The van der Waals surface area contributed by atoms with Gasteiger partial charge in [-0.1, -0.05) is 43.3 Å². The highest BCUT2D eigenvalue weighted by Crippen LogP contribution is 2.48. The first-order valence-electron chi connectivity index (χ1n) is 11.2. The van der Waals surface area contributed by atoms with Crippen LogP contribution in [0, 0.1) is 5.92 Å². The van der Waals surface area contributed by atoms with Crippen LogP contribution in [0.1, 0.15) is 58.6 Å². The summed E-state index contributed by atoms with van der Waals surface area (Å²) in [4.78, 5) is 28.8. The lowest BCUT2D eigenvalue weighted by Crippen LogP contribution is -2.52. The molecule has 3 aliphatic rings. The van der Waals surface area contributed by atoms with Crippen LogP contribution in [0.4, 0.5) is 4.79 Å². The Labute approximate surface area is 184 Å². The van der Waals surface area contributed by atoms with E-state index in [9.17, 15) is 14.7 Å². The standard InChI is InChI=1S/C25H34N2O4/c1-17-15-26(13-12-25(17)11-10-18-8-6-7-9-20(18)25)19-14-24(5,21(28)29)27(16-19)22(30)31-23(2,3)4/h6-11,17,19H,12-16H2,1-5H3,(H,28,29)/t17-,19?,24?,25-/m0/s1. The lowest BCUT2D eigenvalue weighted by Gasteiger charge is -2.46. The third-order valence-corrected chi connectivity index (χ3v) is 7.44. The van der Waals surface area contributed by atoms with Crippen molar-refractivity contribution in [3.63, 3.8) is 0 Å². The molecule has 4 atom stereocenters. The number of aliphatic carboxylic acids is 1. The van der Waals surface area contributed by atoms with Gasteiger partial charge in [0.2, 0.25) is 0 Å². The Balaban J connectivity index is 1.52. The van der Waals surface area contributed by atoms with Crippen LogP contribution in [0.25, 0.3) is 6.08 Å². The quantitative estimate of drug-likeness (QED) is 0.769. The van der Waals surface area contributed by atoms with Crippen LogP contribution in [0.5, 0.6) is 0 Å². The Bertz CT molecular complexity index is 920. The van der Waals surface area contributed by atoms with Crippen molar-refractivity contribution in [3.8, 4) is 0 Å². The number of allylic oxidation sites excluding steroid dienone is 1. The number of carbonyl (C=O) groups excluding carboxylic acids is 1. The fourth-order valence-corrected chi connectivity index (χ4v) is 5.64. The molecule has 4 rings (SSSR count). The Hall–Kier alpha value is -2.34. The highest BCUT2D eigenvalue weighted by Gasteiger charge is 2.54. The third-order valence-electron chi connectivity index (χ3n) is 7.44. The molecule has 1 aliphatic carbocycles. The number of rotatable bonds is 2. The molecule has 1 spiro atoms. The molecule has 0 bridgehead atoms. The summed E-state index contributed by atoms with van der Waals surface area (Å²) in [5, 5.41) is 9.96. The molecule has 2 heterocycles. The zero-order valence-electron chi connectivity index (χ0n) is 19.2. The molecule has 31 heavy (non-hydrogen) atoms. The van der Waals surface area contributed by atoms with Gasteiger partial charge in [-0.25, -0.2) is 9.59 Å². The van der Waals surface area contributed by atoms with E-state index in [0.717, 1.165) is 19.5 Å². The Morgan fingerprint density at radius 3 is 2.55 bits per heavy atom. The number of carboxylic acids is 1. The number of benzene rings is 1. The summed E-state index contributed by atoms with van der Waals surface area (Å²) < 4.78 is 5.54. The predicted octanol–water partition coefficient (Wildman–Crippen LogP) is 4.15. The summed E-state index contributed by atoms with van der Waals surface area (Å²) in [6, 6.07) is 8.62. The molecule has 2 unspecified atom stereocenters. The number of fused-ring (bicyclic) bond motifs is 2. The lowest BCUT2D eigenvalue weighted by atomic mass is 9.68. The maximum Gasteiger partial charge on any atom is 0.411 e. The number of carboxylic acid groups (broad SMARTS) is 1. The van der Waals surface area contributed by atoms with E-state index in [2.05, 4.69) is 48.2 Å². The second kappa shape index (κ2) is 7.37. The maximum atomic E-state index is 12.8. The van der Waals surface area contributed by atoms with Gasteiger partial charge in [0.15, 0.2) is 0 Å². The fraction of sp³-hybridized carbons (Fsp3) is 0.600. The number of hydrogen-bond acceptors (Lipinski definition) is 4. The largest absolute Gasteiger partial charge is 0.480 e. The molecule has 2 aliphatic heterocycles. The summed E-state index contributed by atoms with van der Waals surface area (Å²) in [6.07, 6.45) is 5.46. The summed E-state index contributed by atoms with van der Waals surface area (Å²) in [6.45, 7) is 11.5. The molecule has 168 valence electrons. The molecular weight excluding hydrogens is 392 g/mol. The van der Waals surface area contributed by atoms with Crippen LogP contribution < -0.4 is 0 Å². The van der Waals surface area contributed by atoms with E-state index >= 15 is 0 Å². The van der Waals surface area contributed by atoms with E-state index in [0.29, 0.717) is 18.9 Å². The van der Waals surface area contributed by atoms with Gasteiger partial charge >= 0.3 is 12.1 Å². The number of ether oxygens (including phenoxy) is 1. The normalized spacial score (nSPS) is 33.0. The van der Waals surface area contributed by atoms with Gasteiger partial charge in [-0.2, -0.15) is 0 Å². The molecule has 1 amide bonds. The van der Waals surface area contributed by atoms with Crippen molar-refractivity contribution >= 4 is 18.1 Å². The van der Waals surface area contributed by atoms with Gasteiger partial charge in [-0.3, -0.25) is 9.80 Å². The molecule has 0 aromatic heterocycles. The summed E-state index contributed by atoms with van der Waals surface area (Å²) in [5.41, 5.74) is 0.832. The van der Waals surface area contributed by atoms with E-state index in [1.807, 2.05) is 0 Å². The lowest BCUT2D eigenvalue weighted by molar-refractivity contribution is -0.148. The van der Waals surface area contributed by atoms with Crippen LogP contribution >= 0.6 is 0 Å². The molecule has 6 nitrogen and oxygen atoms in total. The number of piperidine rings is 1. The van der Waals surface area contributed by atoms with Crippen molar-refractivity contribution in [2.24, 2.45) is 5.92 Å². The zero-order chi connectivity index (χ0) is 22.6. The minimum Gasteiger partial charge on any atom is -0.480 e. The molecule has 6 heteroatoms. The Morgan fingerprint density at radius 1 is 1.19 bits per heavy atom. The number of carbonyl (C=O) groups is 2. The van der Waals surface area contributed by atoms with E-state index in [1.54, 1.807) is 27.7 Å². The van der Waals surface area contributed by atoms with E-state index in [-0.39, 0.29) is 11.5 Å². The van der Waals surface area contributed by atoms with Crippen LogP contribution in [0.2, 0.25) is 0 Å². The van der Waals surface area contributed by atoms with Crippen LogP contribution in [-0.4, -0.2) is 63.8 Å². The average molecular weight is 427 g/mol. The van der Waals surface area contributed by atoms with Crippen molar-refractivity contribution in [2.75, 3.05) is 19.6 Å². The maximum absolute atomic E-state index is 12.8. The summed E-state index contributed by atoms with van der Waals surface area (Å²) in [5.74, 6) is -0.581. The molecule has 0 radical (unpaired) electrons. The van der Waals surface area contributed by atoms with Gasteiger partial charge in [0.1, 0.15) is 11.1 Å². The van der Waals surface area contributed by atoms with Crippen LogP contribution in [0.3, 0.4) is 0 Å². The molecular formula is C25H34N2O4. The van der Waals surface area contributed by atoms with Gasteiger partial charge in [-0.05, 0) is 64.1 Å². The van der Waals surface area contributed by atoms with Gasteiger partial charge < -0.3 is 9.84 Å². The second-order valence-corrected chi connectivity index (χ2v) is 10.6. The van der Waals surface area contributed by atoms with Gasteiger partial charge in [0.05, 0.1) is 0 Å². The van der Waals surface area contributed by atoms with Gasteiger partial charge in [0.25, 0.3) is 0 Å². The molecule has 1 aromatic rings. The van der Waals surface area contributed by atoms with Gasteiger partial charge in [-0.15, -0.1) is 0 Å². The first-order valence-corrected chi connectivity index (χ1v) is 11.2. The Morgan fingerprint density at radius 2 is 1.90 bits per heavy atom. The Kier molecular flexibility index (Phi) is 5.20. The third kappa shape index (κ3) is 3.65. The van der Waals surface area contributed by atoms with Crippen molar-refractivity contribution in [1.82, 2.24) is 9.80 Å². The summed E-state index contributed by atoms with van der Waals surface area (Å²) in [7, 11) is 0. The summed E-state index contributed by atoms with van der Waals surface area (Å²) >= 11 is 0. The molecule has 2 saturated heterocycles. The number of nitrogens with zero attached hydrogens (tertiary/aromatic N) is 2.